The standard InChI is InChI=1S/C18H18N6O2/c1-12-8-13(5-6-16(12)26-14-4-3-7-20-9-14)24-18-15(10-23-25-2)17(19)21-11-22-18/h3-11H,1-2H3,(H3,19,21,22,24)/b23-10+. The SMILES string of the molecule is CO/N=C/c1c(N)ncnc1Nc1ccc(Oc2cccnc2)c(C)c1. The summed E-state index contributed by atoms with van der Waals surface area (Å²) in [5.74, 6) is 2.25. The quantitative estimate of drug-likeness (QED) is 0.519. The smallest absolute Gasteiger partial charge is 0.145 e. The van der Waals surface area contributed by atoms with E-state index in [0.29, 0.717) is 22.9 Å². The molecule has 0 bridgehead atoms. The molecule has 0 fully saturated rings. The van der Waals surface area contributed by atoms with Gasteiger partial charge in [-0.25, -0.2) is 9.97 Å². The molecule has 8 heteroatoms. The number of hydrogen-bond acceptors (Lipinski definition) is 8. The number of rotatable bonds is 6. The molecule has 3 aromatic rings. The van der Waals surface area contributed by atoms with Gasteiger partial charge in [-0.15, -0.1) is 0 Å². The minimum absolute atomic E-state index is 0.302. The molecular formula is C18H18N6O2. The Balaban J connectivity index is 1.82. The minimum atomic E-state index is 0.302. The molecule has 0 saturated carbocycles. The van der Waals surface area contributed by atoms with E-state index in [1.54, 1.807) is 12.4 Å². The van der Waals surface area contributed by atoms with Crippen molar-refractivity contribution in [1.29, 1.82) is 0 Å². The second kappa shape index (κ2) is 7.93. The van der Waals surface area contributed by atoms with Gasteiger partial charge in [0, 0.05) is 11.9 Å². The lowest BCUT2D eigenvalue weighted by Crippen LogP contribution is -2.05. The molecule has 0 aliphatic rings. The van der Waals surface area contributed by atoms with Gasteiger partial charge in [-0.2, -0.15) is 0 Å². The molecule has 3 rings (SSSR count). The van der Waals surface area contributed by atoms with E-state index in [1.165, 1.54) is 19.7 Å². The number of oxime groups is 1. The summed E-state index contributed by atoms with van der Waals surface area (Å²) in [5.41, 5.74) is 8.21. The molecule has 0 saturated heterocycles. The topological polar surface area (TPSA) is 108 Å². The number of nitrogens with one attached hydrogen (secondary N) is 1. The Kier molecular flexibility index (Phi) is 5.23. The van der Waals surface area contributed by atoms with E-state index in [0.717, 1.165) is 17.0 Å². The highest BCUT2D eigenvalue weighted by Gasteiger charge is 2.09. The van der Waals surface area contributed by atoms with Crippen LogP contribution in [0.5, 0.6) is 11.5 Å². The van der Waals surface area contributed by atoms with E-state index in [4.69, 9.17) is 15.3 Å². The Labute approximate surface area is 150 Å². The first-order valence-electron chi connectivity index (χ1n) is 7.80. The summed E-state index contributed by atoms with van der Waals surface area (Å²) in [7, 11) is 1.45. The number of hydrogen-bond donors (Lipinski definition) is 2. The molecule has 0 spiro atoms. The summed E-state index contributed by atoms with van der Waals surface area (Å²) in [6.45, 7) is 1.96. The lowest BCUT2D eigenvalue weighted by molar-refractivity contribution is 0.215. The summed E-state index contributed by atoms with van der Waals surface area (Å²) in [5, 5.41) is 6.94. The maximum absolute atomic E-state index is 5.89. The molecule has 8 nitrogen and oxygen atoms in total. The van der Waals surface area contributed by atoms with E-state index >= 15 is 0 Å². The predicted octanol–water partition coefficient (Wildman–Crippen LogP) is 3.28. The van der Waals surface area contributed by atoms with Gasteiger partial charge in [0.1, 0.15) is 36.6 Å². The van der Waals surface area contributed by atoms with Crippen LogP contribution >= 0.6 is 0 Å². The van der Waals surface area contributed by atoms with Crippen molar-refractivity contribution in [2.75, 3.05) is 18.2 Å². The molecule has 0 aliphatic carbocycles. The van der Waals surface area contributed by atoms with Crippen LogP contribution in [-0.2, 0) is 4.84 Å². The number of nitrogen functional groups attached to an aromatic ring is 1. The van der Waals surface area contributed by atoms with Crippen LogP contribution in [0.15, 0.2) is 54.2 Å². The van der Waals surface area contributed by atoms with Crippen molar-refractivity contribution in [3.63, 3.8) is 0 Å². The van der Waals surface area contributed by atoms with E-state index in [-0.39, 0.29) is 0 Å². The van der Waals surface area contributed by atoms with Crippen molar-refractivity contribution in [2.24, 2.45) is 5.16 Å². The highest BCUT2D eigenvalue weighted by Crippen LogP contribution is 2.28. The summed E-state index contributed by atoms with van der Waals surface area (Å²) < 4.78 is 5.84. The van der Waals surface area contributed by atoms with Gasteiger partial charge in [-0.1, -0.05) is 5.16 Å². The number of nitrogens with zero attached hydrogens (tertiary/aromatic N) is 4. The molecule has 0 aliphatic heterocycles. The Morgan fingerprint density at radius 1 is 1.23 bits per heavy atom. The molecule has 3 N–H and O–H groups in total. The van der Waals surface area contributed by atoms with Crippen LogP contribution in [0.3, 0.4) is 0 Å². The van der Waals surface area contributed by atoms with Crippen LogP contribution in [0.1, 0.15) is 11.1 Å². The first-order valence-corrected chi connectivity index (χ1v) is 7.80. The van der Waals surface area contributed by atoms with Gasteiger partial charge >= 0.3 is 0 Å². The number of nitrogens with two attached hydrogens (primary N) is 1. The van der Waals surface area contributed by atoms with Crippen molar-refractivity contribution in [3.05, 3.63) is 60.2 Å². The van der Waals surface area contributed by atoms with Crippen molar-refractivity contribution in [1.82, 2.24) is 15.0 Å². The fraction of sp³-hybridized carbons (Fsp3) is 0.111. The Morgan fingerprint density at radius 3 is 2.85 bits per heavy atom. The van der Waals surface area contributed by atoms with Crippen LogP contribution in [0.2, 0.25) is 0 Å². The monoisotopic (exact) mass is 350 g/mol. The molecular weight excluding hydrogens is 332 g/mol. The van der Waals surface area contributed by atoms with Crippen molar-refractivity contribution >= 4 is 23.5 Å². The number of aryl methyl sites for hydroxylation is 1. The molecule has 2 aromatic heterocycles. The van der Waals surface area contributed by atoms with Crippen LogP contribution in [0.25, 0.3) is 0 Å². The minimum Gasteiger partial charge on any atom is -0.455 e. The third-order valence-corrected chi connectivity index (χ3v) is 3.50. The number of benzene rings is 1. The van der Waals surface area contributed by atoms with Gasteiger partial charge in [0.15, 0.2) is 0 Å². The average Bonchev–Trinajstić information content (AvgIpc) is 2.64. The van der Waals surface area contributed by atoms with E-state index in [1.807, 2.05) is 37.3 Å². The Bertz CT molecular complexity index is 915. The van der Waals surface area contributed by atoms with Crippen LogP contribution in [0.4, 0.5) is 17.3 Å². The largest absolute Gasteiger partial charge is 0.455 e. The number of anilines is 3. The summed E-state index contributed by atoms with van der Waals surface area (Å²) in [6.07, 6.45) is 6.21. The number of aromatic nitrogens is 3. The molecule has 0 unspecified atom stereocenters. The van der Waals surface area contributed by atoms with Crippen LogP contribution in [0, 0.1) is 6.92 Å². The molecule has 2 heterocycles. The Morgan fingerprint density at radius 2 is 2.12 bits per heavy atom. The zero-order valence-corrected chi connectivity index (χ0v) is 14.4. The fourth-order valence-corrected chi connectivity index (χ4v) is 2.25. The molecule has 0 radical (unpaired) electrons. The molecule has 1 aromatic carbocycles. The van der Waals surface area contributed by atoms with Crippen molar-refractivity contribution in [2.45, 2.75) is 6.92 Å². The zero-order valence-electron chi connectivity index (χ0n) is 14.4. The van der Waals surface area contributed by atoms with Gasteiger partial charge in [0.25, 0.3) is 0 Å². The average molecular weight is 350 g/mol. The molecule has 0 amide bonds. The fourth-order valence-electron chi connectivity index (χ4n) is 2.25. The second-order valence-electron chi connectivity index (χ2n) is 5.33. The second-order valence-corrected chi connectivity index (χ2v) is 5.33. The van der Waals surface area contributed by atoms with Gasteiger partial charge in [0.2, 0.25) is 0 Å². The summed E-state index contributed by atoms with van der Waals surface area (Å²) >= 11 is 0. The van der Waals surface area contributed by atoms with E-state index in [2.05, 4.69) is 25.4 Å². The Hall–Kier alpha value is -3.68. The normalized spacial score (nSPS) is 10.7. The van der Waals surface area contributed by atoms with Crippen molar-refractivity contribution in [3.8, 4) is 11.5 Å². The summed E-state index contributed by atoms with van der Waals surface area (Å²) in [6, 6.07) is 9.38. The first kappa shape index (κ1) is 17.2. The van der Waals surface area contributed by atoms with Gasteiger partial charge in [-0.3, -0.25) is 4.98 Å². The van der Waals surface area contributed by atoms with Gasteiger partial charge in [0.05, 0.1) is 18.0 Å². The van der Waals surface area contributed by atoms with Gasteiger partial charge in [-0.05, 0) is 42.8 Å². The highest BCUT2D eigenvalue weighted by atomic mass is 16.6. The van der Waals surface area contributed by atoms with E-state index < -0.39 is 0 Å². The highest BCUT2D eigenvalue weighted by molar-refractivity contribution is 5.92. The molecule has 0 atom stereocenters. The maximum Gasteiger partial charge on any atom is 0.145 e. The first-order chi connectivity index (χ1) is 12.7. The van der Waals surface area contributed by atoms with Crippen LogP contribution < -0.4 is 15.8 Å². The van der Waals surface area contributed by atoms with Crippen molar-refractivity contribution < 1.29 is 9.57 Å². The third kappa shape index (κ3) is 4.04. The lowest BCUT2D eigenvalue weighted by Gasteiger charge is -2.12. The third-order valence-electron chi connectivity index (χ3n) is 3.50. The number of pyridine rings is 1. The van der Waals surface area contributed by atoms with Crippen LogP contribution in [-0.4, -0.2) is 28.3 Å². The zero-order chi connectivity index (χ0) is 18.4. The molecule has 26 heavy (non-hydrogen) atoms. The van der Waals surface area contributed by atoms with Gasteiger partial charge < -0.3 is 20.6 Å². The molecule has 132 valence electrons. The van der Waals surface area contributed by atoms with E-state index in [9.17, 15) is 0 Å². The lowest BCUT2D eigenvalue weighted by atomic mass is 10.2. The number of ether oxygens (including phenoxy) is 1. The maximum atomic E-state index is 5.89. The predicted molar refractivity (Wildman–Crippen MR) is 99.8 cm³/mol. The summed E-state index contributed by atoms with van der Waals surface area (Å²) in [4.78, 5) is 16.9.